The van der Waals surface area contributed by atoms with Crippen LogP contribution >= 0.6 is 11.8 Å². The molecule has 4 rings (SSSR count). The molecule has 0 atom stereocenters. The normalized spacial score (nSPS) is 10.7. The summed E-state index contributed by atoms with van der Waals surface area (Å²) in [4.78, 5) is 29.2. The van der Waals surface area contributed by atoms with Gasteiger partial charge in [0, 0.05) is 29.9 Å². The molecule has 33 heavy (non-hydrogen) atoms. The quantitative estimate of drug-likeness (QED) is 0.304. The van der Waals surface area contributed by atoms with Crippen LogP contribution in [0.5, 0.6) is 0 Å². The number of carbonyl (C=O) groups excluding carboxylic acids is 2. The molecule has 3 heterocycles. The van der Waals surface area contributed by atoms with E-state index in [9.17, 15) is 9.59 Å². The number of nitrogens with zero attached hydrogens (tertiary/aromatic N) is 4. The van der Waals surface area contributed by atoms with Gasteiger partial charge in [0.25, 0.3) is 5.91 Å². The Bertz CT molecular complexity index is 1280. The van der Waals surface area contributed by atoms with E-state index in [2.05, 4.69) is 20.6 Å². The van der Waals surface area contributed by atoms with Crippen molar-refractivity contribution in [1.82, 2.24) is 19.9 Å². The maximum atomic E-state index is 13.0. The Morgan fingerprint density at radius 1 is 1.18 bits per heavy atom. The first-order chi connectivity index (χ1) is 16.0. The second-order valence-corrected chi connectivity index (χ2v) is 7.91. The molecule has 9 nitrogen and oxygen atoms in total. The lowest BCUT2D eigenvalue weighted by Crippen LogP contribution is -2.14. The molecule has 0 radical (unpaired) electrons. The molecule has 3 aromatic heterocycles. The minimum Gasteiger partial charge on any atom is -0.461 e. The average Bonchev–Trinajstić information content (AvgIpc) is 3.48. The van der Waals surface area contributed by atoms with Crippen molar-refractivity contribution < 1.29 is 18.8 Å². The zero-order valence-electron chi connectivity index (χ0n) is 18.0. The predicted molar refractivity (Wildman–Crippen MR) is 123 cm³/mol. The molecule has 1 N–H and O–H groups in total. The Morgan fingerprint density at radius 2 is 2.06 bits per heavy atom. The van der Waals surface area contributed by atoms with E-state index in [1.165, 1.54) is 11.8 Å². The van der Waals surface area contributed by atoms with Gasteiger partial charge in [-0.3, -0.25) is 4.79 Å². The smallest absolute Gasteiger partial charge is 0.358 e. The van der Waals surface area contributed by atoms with E-state index in [0.717, 1.165) is 11.5 Å². The van der Waals surface area contributed by atoms with Gasteiger partial charge in [-0.15, -0.1) is 0 Å². The number of amides is 1. The molecule has 168 valence electrons. The summed E-state index contributed by atoms with van der Waals surface area (Å²) < 4.78 is 11.6. The fourth-order valence-corrected chi connectivity index (χ4v) is 3.89. The lowest BCUT2D eigenvalue weighted by molar-refractivity contribution is 0.0519. The van der Waals surface area contributed by atoms with Crippen LogP contribution in [-0.2, 0) is 10.5 Å². The Labute approximate surface area is 194 Å². The summed E-state index contributed by atoms with van der Waals surface area (Å²) in [6.07, 6.45) is 3.31. The van der Waals surface area contributed by atoms with Crippen LogP contribution in [0.2, 0.25) is 0 Å². The van der Waals surface area contributed by atoms with Crippen molar-refractivity contribution in [2.75, 3.05) is 11.9 Å². The number of nitrogens with one attached hydrogen (secondary N) is 1. The van der Waals surface area contributed by atoms with Crippen molar-refractivity contribution in [2.24, 2.45) is 0 Å². The third kappa shape index (κ3) is 5.47. The number of hydrogen-bond donors (Lipinski definition) is 1. The maximum absolute atomic E-state index is 13.0. The molecule has 1 amide bonds. The van der Waals surface area contributed by atoms with Crippen LogP contribution in [0.4, 0.5) is 5.69 Å². The fourth-order valence-electron chi connectivity index (χ4n) is 3.01. The Balaban J connectivity index is 1.48. The van der Waals surface area contributed by atoms with Crippen molar-refractivity contribution in [3.05, 3.63) is 83.6 Å². The molecule has 1 aromatic carbocycles. The molecule has 10 heteroatoms. The number of anilines is 1. The largest absolute Gasteiger partial charge is 0.461 e. The van der Waals surface area contributed by atoms with Gasteiger partial charge in [0.05, 0.1) is 23.6 Å². The van der Waals surface area contributed by atoms with E-state index >= 15 is 0 Å². The highest BCUT2D eigenvalue weighted by atomic mass is 32.2. The van der Waals surface area contributed by atoms with Crippen LogP contribution in [0.25, 0.3) is 5.69 Å². The molecule has 0 saturated heterocycles. The lowest BCUT2D eigenvalue weighted by atomic mass is 10.2. The van der Waals surface area contributed by atoms with Crippen LogP contribution < -0.4 is 5.32 Å². The standard InChI is InChI=1S/C23H21N5O4S/c1-3-31-23(30)20-9-11-28(26-20)18-7-4-6-16(13-18)25-21(29)19-8-5-10-24-22(19)33-14-17-12-15(2)32-27-17/h4-13H,3,14H2,1-2H3,(H,25,29). The van der Waals surface area contributed by atoms with Crippen LogP contribution in [0, 0.1) is 6.92 Å². The average molecular weight is 464 g/mol. The van der Waals surface area contributed by atoms with Gasteiger partial charge in [0.15, 0.2) is 5.69 Å². The Morgan fingerprint density at radius 3 is 2.85 bits per heavy atom. The molecule has 0 unspecified atom stereocenters. The highest BCUT2D eigenvalue weighted by Crippen LogP contribution is 2.25. The second-order valence-electron chi connectivity index (χ2n) is 6.94. The third-order valence-electron chi connectivity index (χ3n) is 4.49. The fraction of sp³-hybridized carbons (Fsp3) is 0.174. The van der Waals surface area contributed by atoms with Crippen molar-refractivity contribution in [3.8, 4) is 5.69 Å². The number of rotatable bonds is 8. The summed E-state index contributed by atoms with van der Waals surface area (Å²) in [6.45, 7) is 3.85. The number of pyridine rings is 1. The summed E-state index contributed by atoms with van der Waals surface area (Å²) in [5, 5.41) is 11.7. The number of aryl methyl sites for hydroxylation is 1. The monoisotopic (exact) mass is 463 g/mol. The van der Waals surface area contributed by atoms with Crippen LogP contribution in [0.1, 0.15) is 39.2 Å². The van der Waals surface area contributed by atoms with Gasteiger partial charge in [0.1, 0.15) is 10.8 Å². The molecule has 0 aliphatic carbocycles. The number of thioether (sulfide) groups is 1. The molecule has 4 aromatic rings. The summed E-state index contributed by atoms with van der Waals surface area (Å²) >= 11 is 1.41. The van der Waals surface area contributed by atoms with E-state index in [0.29, 0.717) is 27.7 Å². The number of carbonyl (C=O) groups is 2. The molecule has 0 spiro atoms. The zero-order chi connectivity index (χ0) is 23.2. The van der Waals surface area contributed by atoms with Crippen molar-refractivity contribution in [3.63, 3.8) is 0 Å². The highest BCUT2D eigenvalue weighted by Gasteiger charge is 2.15. The molecular formula is C23H21N5O4S. The zero-order valence-corrected chi connectivity index (χ0v) is 18.8. The van der Waals surface area contributed by atoms with E-state index in [1.807, 2.05) is 19.1 Å². The number of ether oxygens (including phenoxy) is 1. The molecule has 0 saturated carbocycles. The summed E-state index contributed by atoms with van der Waals surface area (Å²) in [6, 6.07) is 14.0. The van der Waals surface area contributed by atoms with Gasteiger partial charge in [-0.1, -0.05) is 23.0 Å². The van der Waals surface area contributed by atoms with E-state index < -0.39 is 5.97 Å². The van der Waals surface area contributed by atoms with Gasteiger partial charge in [0.2, 0.25) is 0 Å². The molecular weight excluding hydrogens is 442 g/mol. The minimum absolute atomic E-state index is 0.214. The first-order valence-corrected chi connectivity index (χ1v) is 11.2. The van der Waals surface area contributed by atoms with Gasteiger partial charge < -0.3 is 14.6 Å². The predicted octanol–water partition coefficient (Wildman–Crippen LogP) is 4.29. The lowest BCUT2D eigenvalue weighted by Gasteiger charge is -2.10. The first kappa shape index (κ1) is 22.3. The summed E-state index contributed by atoms with van der Waals surface area (Å²) in [5.41, 5.74) is 2.72. The van der Waals surface area contributed by atoms with Crippen LogP contribution in [0.15, 0.2) is 70.5 Å². The van der Waals surface area contributed by atoms with E-state index in [4.69, 9.17) is 9.26 Å². The number of hydrogen-bond acceptors (Lipinski definition) is 8. The summed E-state index contributed by atoms with van der Waals surface area (Å²) in [7, 11) is 0. The maximum Gasteiger partial charge on any atom is 0.358 e. The van der Waals surface area contributed by atoms with Gasteiger partial charge in [-0.05, 0) is 50.2 Å². The van der Waals surface area contributed by atoms with E-state index in [-0.39, 0.29) is 18.2 Å². The molecule has 0 bridgehead atoms. The highest BCUT2D eigenvalue weighted by molar-refractivity contribution is 7.98. The molecule has 0 aliphatic rings. The van der Waals surface area contributed by atoms with Crippen molar-refractivity contribution in [1.29, 1.82) is 0 Å². The van der Waals surface area contributed by atoms with Gasteiger partial charge in [-0.2, -0.15) is 5.10 Å². The molecule has 0 aliphatic heterocycles. The second kappa shape index (κ2) is 10.1. The Kier molecular flexibility index (Phi) is 6.84. The third-order valence-corrected chi connectivity index (χ3v) is 5.53. The van der Waals surface area contributed by atoms with Crippen molar-refractivity contribution in [2.45, 2.75) is 24.6 Å². The van der Waals surface area contributed by atoms with Gasteiger partial charge >= 0.3 is 5.97 Å². The van der Waals surface area contributed by atoms with E-state index in [1.54, 1.807) is 60.4 Å². The number of aromatic nitrogens is 4. The Hall–Kier alpha value is -3.92. The number of esters is 1. The minimum atomic E-state index is -0.483. The van der Waals surface area contributed by atoms with Gasteiger partial charge in [-0.25, -0.2) is 14.5 Å². The first-order valence-electron chi connectivity index (χ1n) is 10.2. The van der Waals surface area contributed by atoms with Crippen LogP contribution in [0.3, 0.4) is 0 Å². The number of benzene rings is 1. The topological polar surface area (TPSA) is 112 Å². The SMILES string of the molecule is CCOC(=O)c1ccn(-c2cccc(NC(=O)c3cccnc3SCc3cc(C)on3)c2)n1. The summed E-state index contributed by atoms with van der Waals surface area (Å²) in [5.74, 6) is 0.498. The molecule has 0 fully saturated rings. The van der Waals surface area contributed by atoms with Crippen molar-refractivity contribution >= 4 is 29.3 Å². The van der Waals surface area contributed by atoms with Crippen LogP contribution in [-0.4, -0.2) is 38.4 Å².